The van der Waals surface area contributed by atoms with Crippen molar-refractivity contribution in [3.8, 4) is 0 Å². The molecule has 0 unspecified atom stereocenters. The number of hydrazine groups is 1. The molecule has 24 heavy (non-hydrogen) atoms. The topological polar surface area (TPSA) is 135 Å². The summed E-state index contributed by atoms with van der Waals surface area (Å²) in [4.78, 5) is 39.3. The van der Waals surface area contributed by atoms with E-state index in [-0.39, 0.29) is 30.9 Å². The fraction of sp³-hybridized carbons (Fsp3) is 0.267. The quantitative estimate of drug-likeness (QED) is 0.270. The van der Waals surface area contributed by atoms with E-state index in [1.165, 1.54) is 6.92 Å². The summed E-state index contributed by atoms with van der Waals surface area (Å²) in [5, 5.41) is 15.5. The number of hydroxylamine groups is 2. The minimum absolute atomic E-state index is 0.0547. The number of nitrogens with zero attached hydrogens (tertiary/aromatic N) is 1. The molecule has 9 heteroatoms. The Morgan fingerprint density at radius 3 is 2.25 bits per heavy atom. The van der Waals surface area contributed by atoms with E-state index >= 15 is 0 Å². The van der Waals surface area contributed by atoms with Gasteiger partial charge in [-0.15, -0.1) is 5.06 Å². The maximum Gasteiger partial charge on any atom is 0.337 e. The van der Waals surface area contributed by atoms with Gasteiger partial charge in [0.05, 0.1) is 6.42 Å². The van der Waals surface area contributed by atoms with E-state index in [2.05, 4.69) is 10.9 Å². The average Bonchev–Trinajstić information content (AvgIpc) is 2.85. The largest absolute Gasteiger partial charge is 0.337 e. The van der Waals surface area contributed by atoms with Crippen LogP contribution in [0.5, 0.6) is 0 Å². The van der Waals surface area contributed by atoms with Crippen LogP contribution in [0.3, 0.4) is 0 Å². The Morgan fingerprint density at radius 2 is 1.71 bits per heavy atom. The molecule has 126 valence electrons. The molecular weight excluding hydrogens is 314 g/mol. The molecule has 0 aromatic heterocycles. The number of benzene rings is 1. The van der Waals surface area contributed by atoms with E-state index in [1.807, 2.05) is 0 Å². The molecule has 0 bridgehead atoms. The molecule has 0 radical (unpaired) electrons. The highest BCUT2D eigenvalue weighted by molar-refractivity contribution is 6.01. The monoisotopic (exact) mass is 331 g/mol. The fourth-order valence-corrected chi connectivity index (χ4v) is 1.98. The summed E-state index contributed by atoms with van der Waals surface area (Å²) in [6.07, 6.45) is 0.00825. The van der Waals surface area contributed by atoms with Crippen molar-refractivity contribution >= 4 is 29.5 Å². The van der Waals surface area contributed by atoms with E-state index in [1.54, 1.807) is 24.3 Å². The SMILES string of the molecule is CC(=N)NNC(=N)c1ccc(CC(=O)ON2C(=O)CCC2=O)cc1. The number of carbonyl (C=O) groups is 3. The number of amides is 2. The molecule has 1 aliphatic rings. The Hall–Kier alpha value is -3.23. The molecule has 2 rings (SSSR count). The highest BCUT2D eigenvalue weighted by Crippen LogP contribution is 2.13. The number of hydrogen-bond acceptors (Lipinski definition) is 6. The number of carbonyl (C=O) groups excluding carboxylic acids is 3. The highest BCUT2D eigenvalue weighted by Gasteiger charge is 2.32. The maximum atomic E-state index is 11.8. The standard InChI is InChI=1S/C15H17N5O4/c1-9(16)18-19-15(17)11-4-2-10(3-5-11)8-14(23)24-20-12(21)6-7-13(20)22/h2-5H,6-8H2,1H3,(H2,16,18)(H2,17,19). The van der Waals surface area contributed by atoms with Crippen molar-refractivity contribution in [2.45, 2.75) is 26.2 Å². The van der Waals surface area contributed by atoms with Crippen LogP contribution in [0.25, 0.3) is 0 Å². The van der Waals surface area contributed by atoms with Gasteiger partial charge >= 0.3 is 5.97 Å². The predicted molar refractivity (Wildman–Crippen MR) is 83.8 cm³/mol. The molecule has 1 aromatic rings. The van der Waals surface area contributed by atoms with Crippen LogP contribution in [-0.2, 0) is 25.6 Å². The molecule has 2 amide bonds. The van der Waals surface area contributed by atoms with Crippen LogP contribution < -0.4 is 10.9 Å². The van der Waals surface area contributed by atoms with Gasteiger partial charge in [-0.3, -0.25) is 31.3 Å². The second kappa shape index (κ2) is 7.36. The number of nitrogens with one attached hydrogen (secondary N) is 4. The lowest BCUT2D eigenvalue weighted by Gasteiger charge is -2.13. The van der Waals surface area contributed by atoms with Gasteiger partial charge in [0, 0.05) is 18.4 Å². The first kappa shape index (κ1) is 17.1. The Balaban J connectivity index is 1.90. The zero-order chi connectivity index (χ0) is 17.7. The van der Waals surface area contributed by atoms with Gasteiger partial charge in [0.15, 0.2) is 0 Å². The third-order valence-electron chi connectivity index (χ3n) is 3.16. The molecule has 1 saturated heterocycles. The molecule has 1 heterocycles. The van der Waals surface area contributed by atoms with Crippen LogP contribution in [0.1, 0.15) is 30.9 Å². The van der Waals surface area contributed by atoms with Crippen LogP contribution in [0.15, 0.2) is 24.3 Å². The van der Waals surface area contributed by atoms with Crippen molar-refractivity contribution < 1.29 is 19.2 Å². The number of rotatable bonds is 4. The summed E-state index contributed by atoms with van der Waals surface area (Å²) < 4.78 is 0. The zero-order valence-corrected chi connectivity index (χ0v) is 13.0. The lowest BCUT2D eigenvalue weighted by Crippen LogP contribution is -2.40. The van der Waals surface area contributed by atoms with Crippen molar-refractivity contribution in [2.75, 3.05) is 0 Å². The first-order valence-electron chi connectivity index (χ1n) is 7.18. The van der Waals surface area contributed by atoms with Crippen molar-refractivity contribution in [2.24, 2.45) is 0 Å². The molecule has 0 atom stereocenters. The van der Waals surface area contributed by atoms with Gasteiger partial charge in [0.2, 0.25) is 0 Å². The second-order valence-electron chi connectivity index (χ2n) is 5.17. The molecule has 1 aromatic carbocycles. The number of hydrogen-bond donors (Lipinski definition) is 4. The first-order valence-corrected chi connectivity index (χ1v) is 7.18. The summed E-state index contributed by atoms with van der Waals surface area (Å²) >= 11 is 0. The van der Waals surface area contributed by atoms with E-state index in [0.717, 1.165) is 0 Å². The van der Waals surface area contributed by atoms with Crippen LogP contribution in [0.4, 0.5) is 0 Å². The van der Waals surface area contributed by atoms with Gasteiger partial charge in [0.25, 0.3) is 11.8 Å². The molecule has 1 aliphatic heterocycles. The van der Waals surface area contributed by atoms with Crippen LogP contribution in [0.2, 0.25) is 0 Å². The van der Waals surface area contributed by atoms with Crippen molar-refractivity contribution in [1.29, 1.82) is 10.8 Å². The van der Waals surface area contributed by atoms with E-state index in [0.29, 0.717) is 16.2 Å². The van der Waals surface area contributed by atoms with E-state index in [9.17, 15) is 14.4 Å². The summed E-state index contributed by atoms with van der Waals surface area (Å²) in [7, 11) is 0. The van der Waals surface area contributed by atoms with Gasteiger partial charge in [-0.05, 0) is 12.5 Å². The lowest BCUT2D eigenvalue weighted by molar-refractivity contribution is -0.197. The molecule has 0 saturated carbocycles. The Kier molecular flexibility index (Phi) is 5.25. The molecule has 0 aliphatic carbocycles. The van der Waals surface area contributed by atoms with E-state index in [4.69, 9.17) is 15.7 Å². The van der Waals surface area contributed by atoms with Gasteiger partial charge < -0.3 is 4.84 Å². The van der Waals surface area contributed by atoms with Gasteiger partial charge in [-0.2, -0.15) is 0 Å². The van der Waals surface area contributed by atoms with Crippen molar-refractivity contribution in [1.82, 2.24) is 15.9 Å². The molecule has 1 fully saturated rings. The zero-order valence-electron chi connectivity index (χ0n) is 13.0. The summed E-state index contributed by atoms with van der Waals surface area (Å²) in [5.41, 5.74) is 6.23. The first-order chi connectivity index (χ1) is 11.4. The number of amidine groups is 2. The summed E-state index contributed by atoms with van der Waals surface area (Å²) in [6, 6.07) is 6.53. The maximum absolute atomic E-state index is 11.8. The predicted octanol–water partition coefficient (Wildman–Crippen LogP) is 0.253. The third kappa shape index (κ3) is 4.38. The molecular formula is C15H17N5O4. The number of imide groups is 1. The van der Waals surface area contributed by atoms with E-state index < -0.39 is 17.8 Å². The molecule has 0 spiro atoms. The van der Waals surface area contributed by atoms with Gasteiger partial charge in [-0.1, -0.05) is 24.3 Å². The third-order valence-corrected chi connectivity index (χ3v) is 3.16. The normalized spacial score (nSPS) is 13.6. The van der Waals surface area contributed by atoms with Crippen LogP contribution in [0, 0.1) is 10.8 Å². The molecule has 9 nitrogen and oxygen atoms in total. The Labute approximate surface area is 137 Å². The van der Waals surface area contributed by atoms with Gasteiger partial charge in [-0.25, -0.2) is 4.79 Å². The average molecular weight is 331 g/mol. The highest BCUT2D eigenvalue weighted by atomic mass is 16.7. The van der Waals surface area contributed by atoms with Crippen LogP contribution >= 0.6 is 0 Å². The van der Waals surface area contributed by atoms with Gasteiger partial charge in [0.1, 0.15) is 11.7 Å². The summed E-state index contributed by atoms with van der Waals surface area (Å²) in [6.45, 7) is 1.53. The minimum atomic E-state index is -0.708. The minimum Gasteiger partial charge on any atom is -0.330 e. The fourth-order valence-electron chi connectivity index (χ4n) is 1.98. The van der Waals surface area contributed by atoms with Crippen molar-refractivity contribution in [3.05, 3.63) is 35.4 Å². The smallest absolute Gasteiger partial charge is 0.330 e. The molecule has 4 N–H and O–H groups in total. The Morgan fingerprint density at radius 1 is 1.12 bits per heavy atom. The lowest BCUT2D eigenvalue weighted by atomic mass is 10.1. The Bertz CT molecular complexity index is 682. The second-order valence-corrected chi connectivity index (χ2v) is 5.17. The van der Waals surface area contributed by atoms with Crippen LogP contribution in [-0.4, -0.2) is 34.5 Å². The summed E-state index contributed by atoms with van der Waals surface area (Å²) in [5.74, 6) is -1.50. The van der Waals surface area contributed by atoms with Crippen molar-refractivity contribution in [3.63, 3.8) is 0 Å².